The molecule has 1 saturated heterocycles. The summed E-state index contributed by atoms with van der Waals surface area (Å²) >= 11 is 3.11. The molecule has 3 nitrogen and oxygen atoms in total. The first kappa shape index (κ1) is 13.5. The van der Waals surface area contributed by atoms with Gasteiger partial charge < -0.3 is 0 Å². The second-order valence-electron chi connectivity index (χ2n) is 5.22. The van der Waals surface area contributed by atoms with Crippen molar-refractivity contribution in [1.82, 2.24) is 0 Å². The summed E-state index contributed by atoms with van der Waals surface area (Å²) in [6.45, 7) is 1.76. The fourth-order valence-corrected chi connectivity index (χ4v) is 3.37. The first-order chi connectivity index (χ1) is 9.50. The summed E-state index contributed by atoms with van der Waals surface area (Å²) in [4.78, 5) is 26.0. The Morgan fingerprint density at radius 1 is 1.15 bits per heavy atom. The molecular weight excluding hydrogens is 325 g/mol. The highest BCUT2D eigenvalue weighted by Gasteiger charge is 2.48. The molecule has 2 atom stereocenters. The summed E-state index contributed by atoms with van der Waals surface area (Å²) in [7, 11) is 0. The number of nitrogens with zero attached hydrogens (tertiary/aromatic N) is 1. The molecule has 2 amide bonds. The van der Waals surface area contributed by atoms with E-state index in [9.17, 15) is 14.0 Å². The van der Waals surface area contributed by atoms with Crippen molar-refractivity contribution >= 4 is 33.4 Å². The molecule has 1 aromatic carbocycles. The van der Waals surface area contributed by atoms with Gasteiger partial charge in [-0.1, -0.05) is 12.2 Å². The Labute approximate surface area is 124 Å². The zero-order valence-corrected chi connectivity index (χ0v) is 12.5. The third-order valence-corrected chi connectivity index (χ3v) is 4.60. The van der Waals surface area contributed by atoms with E-state index in [-0.39, 0.29) is 23.7 Å². The van der Waals surface area contributed by atoms with E-state index in [0.717, 1.165) is 4.90 Å². The molecular formula is C15H13BrFNO2. The summed E-state index contributed by atoms with van der Waals surface area (Å²) in [5.74, 6) is -1.49. The summed E-state index contributed by atoms with van der Waals surface area (Å²) in [5, 5.41) is 0. The number of halogens is 2. The summed E-state index contributed by atoms with van der Waals surface area (Å²) in [6, 6.07) is 2.84. The average molecular weight is 338 g/mol. The largest absolute Gasteiger partial charge is 0.274 e. The van der Waals surface area contributed by atoms with Crippen molar-refractivity contribution in [2.45, 2.75) is 19.8 Å². The summed E-state index contributed by atoms with van der Waals surface area (Å²) in [6.07, 6.45) is 5.04. The van der Waals surface area contributed by atoms with E-state index < -0.39 is 5.82 Å². The highest BCUT2D eigenvalue weighted by Crippen LogP contribution is 2.39. The maximum Gasteiger partial charge on any atom is 0.238 e. The summed E-state index contributed by atoms with van der Waals surface area (Å²) in [5.41, 5.74) is 1.06. The van der Waals surface area contributed by atoms with Crippen molar-refractivity contribution in [2.75, 3.05) is 4.90 Å². The molecule has 0 aromatic heterocycles. The lowest BCUT2D eigenvalue weighted by Crippen LogP contribution is -2.31. The number of benzene rings is 1. The van der Waals surface area contributed by atoms with E-state index in [2.05, 4.69) is 15.9 Å². The van der Waals surface area contributed by atoms with Gasteiger partial charge in [0.15, 0.2) is 0 Å². The van der Waals surface area contributed by atoms with Gasteiger partial charge in [-0.15, -0.1) is 0 Å². The van der Waals surface area contributed by atoms with Crippen LogP contribution in [0.2, 0.25) is 0 Å². The second-order valence-corrected chi connectivity index (χ2v) is 6.07. The molecule has 3 rings (SSSR count). The molecule has 1 heterocycles. The maximum atomic E-state index is 13.7. The predicted molar refractivity (Wildman–Crippen MR) is 76.7 cm³/mol. The van der Waals surface area contributed by atoms with Gasteiger partial charge in [-0.25, -0.2) is 9.29 Å². The standard InChI is InChI=1S/C15H13BrFNO2/c1-8-6-11(16)12(17)7-13(8)18-14(19)9-4-2-3-5-10(9)15(18)20/h2-3,6-7,9-10H,4-5H2,1H3/t9-,10+. The molecule has 2 aliphatic rings. The highest BCUT2D eigenvalue weighted by atomic mass is 79.9. The Kier molecular flexibility index (Phi) is 3.24. The first-order valence-corrected chi connectivity index (χ1v) is 7.28. The fourth-order valence-electron chi connectivity index (χ4n) is 2.91. The van der Waals surface area contributed by atoms with Crippen molar-refractivity contribution < 1.29 is 14.0 Å². The number of aryl methyl sites for hydroxylation is 1. The van der Waals surface area contributed by atoms with Crippen LogP contribution >= 0.6 is 15.9 Å². The third kappa shape index (κ3) is 1.92. The van der Waals surface area contributed by atoms with Crippen molar-refractivity contribution in [2.24, 2.45) is 11.8 Å². The lowest BCUT2D eigenvalue weighted by Gasteiger charge is -2.18. The Bertz CT molecular complexity index is 615. The molecule has 20 heavy (non-hydrogen) atoms. The number of carbonyl (C=O) groups is 2. The number of rotatable bonds is 1. The molecule has 1 fully saturated rings. The zero-order chi connectivity index (χ0) is 14.4. The fraction of sp³-hybridized carbons (Fsp3) is 0.333. The van der Waals surface area contributed by atoms with Crippen LogP contribution in [0.5, 0.6) is 0 Å². The Hall–Kier alpha value is -1.49. The van der Waals surface area contributed by atoms with Crippen LogP contribution in [0.3, 0.4) is 0 Å². The third-order valence-electron chi connectivity index (χ3n) is 3.99. The van der Waals surface area contributed by atoms with Gasteiger partial charge in [0.05, 0.1) is 22.0 Å². The number of amides is 2. The van der Waals surface area contributed by atoms with Gasteiger partial charge in [0, 0.05) is 0 Å². The smallest absolute Gasteiger partial charge is 0.238 e. The number of anilines is 1. The number of allylic oxidation sites excluding steroid dienone is 2. The van der Waals surface area contributed by atoms with Gasteiger partial charge in [-0.3, -0.25) is 9.59 Å². The van der Waals surface area contributed by atoms with Gasteiger partial charge in [0.1, 0.15) is 5.82 Å². The molecule has 0 N–H and O–H groups in total. The van der Waals surface area contributed by atoms with Crippen LogP contribution < -0.4 is 4.90 Å². The molecule has 0 radical (unpaired) electrons. The maximum absolute atomic E-state index is 13.7. The molecule has 0 bridgehead atoms. The molecule has 1 aliphatic carbocycles. The topological polar surface area (TPSA) is 37.4 Å². The van der Waals surface area contributed by atoms with Gasteiger partial charge in [-0.2, -0.15) is 0 Å². The van der Waals surface area contributed by atoms with Crippen molar-refractivity contribution in [3.63, 3.8) is 0 Å². The van der Waals surface area contributed by atoms with Crippen LogP contribution in [0.15, 0.2) is 28.8 Å². The van der Waals surface area contributed by atoms with Gasteiger partial charge in [-0.05, 0) is 53.4 Å². The van der Waals surface area contributed by atoms with Crippen molar-refractivity contribution in [3.8, 4) is 0 Å². The molecule has 1 aliphatic heterocycles. The lowest BCUT2D eigenvalue weighted by atomic mass is 9.85. The van der Waals surface area contributed by atoms with Crippen molar-refractivity contribution in [1.29, 1.82) is 0 Å². The minimum absolute atomic E-state index is 0.214. The molecule has 1 aromatic rings. The van der Waals surface area contributed by atoms with Crippen LogP contribution in [0.4, 0.5) is 10.1 Å². The molecule has 0 saturated carbocycles. The van der Waals surface area contributed by atoms with E-state index >= 15 is 0 Å². The Balaban J connectivity index is 2.05. The molecule has 5 heteroatoms. The number of imide groups is 1. The van der Waals surface area contributed by atoms with E-state index in [1.54, 1.807) is 13.0 Å². The minimum Gasteiger partial charge on any atom is -0.274 e. The zero-order valence-electron chi connectivity index (χ0n) is 10.9. The summed E-state index contributed by atoms with van der Waals surface area (Å²) < 4.78 is 14.1. The minimum atomic E-state index is -0.473. The predicted octanol–water partition coefficient (Wildman–Crippen LogP) is 3.35. The first-order valence-electron chi connectivity index (χ1n) is 6.49. The van der Waals surface area contributed by atoms with Gasteiger partial charge in [0.25, 0.3) is 0 Å². The molecule has 0 unspecified atom stereocenters. The second kappa shape index (κ2) is 4.81. The lowest BCUT2D eigenvalue weighted by molar-refractivity contribution is -0.122. The highest BCUT2D eigenvalue weighted by molar-refractivity contribution is 9.10. The van der Waals surface area contributed by atoms with E-state index in [1.165, 1.54) is 6.07 Å². The quantitative estimate of drug-likeness (QED) is 0.582. The molecule has 104 valence electrons. The van der Waals surface area contributed by atoms with E-state index in [4.69, 9.17) is 0 Å². The van der Waals surface area contributed by atoms with E-state index in [1.807, 2.05) is 12.2 Å². The SMILES string of the molecule is Cc1cc(Br)c(F)cc1N1C(=O)[C@H]2CC=CC[C@H]2C1=O. The Morgan fingerprint density at radius 2 is 1.70 bits per heavy atom. The van der Waals surface area contributed by atoms with Crippen LogP contribution in [-0.4, -0.2) is 11.8 Å². The molecule has 0 spiro atoms. The number of fused-ring (bicyclic) bond motifs is 1. The Morgan fingerprint density at radius 3 is 2.25 bits per heavy atom. The normalized spacial score (nSPS) is 25.2. The average Bonchev–Trinajstić information content (AvgIpc) is 2.68. The van der Waals surface area contributed by atoms with Crippen molar-refractivity contribution in [3.05, 3.63) is 40.1 Å². The number of carbonyl (C=O) groups excluding carboxylic acids is 2. The number of hydrogen-bond donors (Lipinski definition) is 0. The van der Waals surface area contributed by atoms with Crippen LogP contribution in [-0.2, 0) is 9.59 Å². The van der Waals surface area contributed by atoms with Crippen LogP contribution in [0.1, 0.15) is 18.4 Å². The van der Waals surface area contributed by atoms with Gasteiger partial charge in [0.2, 0.25) is 11.8 Å². The monoisotopic (exact) mass is 337 g/mol. The van der Waals surface area contributed by atoms with Crippen LogP contribution in [0, 0.1) is 24.6 Å². The van der Waals surface area contributed by atoms with Crippen LogP contribution in [0.25, 0.3) is 0 Å². The number of hydrogen-bond acceptors (Lipinski definition) is 2. The van der Waals surface area contributed by atoms with E-state index in [0.29, 0.717) is 28.6 Å². The van der Waals surface area contributed by atoms with Gasteiger partial charge >= 0.3 is 0 Å².